The number of carbonyl (C=O) groups excluding carboxylic acids is 2. The lowest BCUT2D eigenvalue weighted by molar-refractivity contribution is -0.132. The molecule has 0 radical (unpaired) electrons. The van der Waals surface area contributed by atoms with Gasteiger partial charge in [-0.2, -0.15) is 0 Å². The van der Waals surface area contributed by atoms with Crippen molar-refractivity contribution in [2.45, 2.75) is 25.7 Å². The molecule has 1 aliphatic rings. The van der Waals surface area contributed by atoms with Crippen LogP contribution in [0.4, 0.5) is 0 Å². The van der Waals surface area contributed by atoms with Crippen molar-refractivity contribution in [1.29, 1.82) is 0 Å². The van der Waals surface area contributed by atoms with E-state index in [-0.39, 0.29) is 11.7 Å². The molecular formula is C22H19NO3. The number of nitrogens with zero attached hydrogens (tertiary/aromatic N) is 1. The molecule has 0 spiro atoms. The molecule has 0 saturated heterocycles. The maximum absolute atomic E-state index is 12.6. The Hall–Kier alpha value is -3.01. The zero-order valence-electron chi connectivity index (χ0n) is 14.5. The molecule has 26 heavy (non-hydrogen) atoms. The van der Waals surface area contributed by atoms with Crippen LogP contribution in [0.1, 0.15) is 30.4 Å². The van der Waals surface area contributed by atoms with E-state index in [1.165, 1.54) is 12.5 Å². The smallest absolute Gasteiger partial charge is 0.309 e. The third kappa shape index (κ3) is 3.36. The number of carbonyl (C=O) groups is 2. The van der Waals surface area contributed by atoms with Gasteiger partial charge in [0, 0.05) is 30.8 Å². The molecular weight excluding hydrogens is 326 g/mol. The molecule has 2 atom stereocenters. The van der Waals surface area contributed by atoms with Crippen molar-refractivity contribution in [3.05, 3.63) is 71.9 Å². The number of aromatic nitrogens is 1. The lowest BCUT2D eigenvalue weighted by Gasteiger charge is -2.07. The van der Waals surface area contributed by atoms with E-state index in [0.717, 1.165) is 22.8 Å². The van der Waals surface area contributed by atoms with Crippen LogP contribution in [-0.2, 0) is 16.0 Å². The van der Waals surface area contributed by atoms with E-state index in [1.54, 1.807) is 6.20 Å². The van der Waals surface area contributed by atoms with Gasteiger partial charge in [-0.05, 0) is 41.0 Å². The Morgan fingerprint density at radius 2 is 1.92 bits per heavy atom. The summed E-state index contributed by atoms with van der Waals surface area (Å²) in [5, 5.41) is 1.68. The number of rotatable bonds is 5. The van der Waals surface area contributed by atoms with Gasteiger partial charge in [0.25, 0.3) is 0 Å². The summed E-state index contributed by atoms with van der Waals surface area (Å²) in [4.78, 5) is 27.9. The van der Waals surface area contributed by atoms with Gasteiger partial charge in [0.2, 0.25) is 5.88 Å². The zero-order valence-corrected chi connectivity index (χ0v) is 14.5. The summed E-state index contributed by atoms with van der Waals surface area (Å²) in [5.74, 6) is 0.683. The van der Waals surface area contributed by atoms with Crippen molar-refractivity contribution in [3.63, 3.8) is 0 Å². The van der Waals surface area contributed by atoms with Crippen LogP contribution in [0.5, 0.6) is 5.88 Å². The van der Waals surface area contributed by atoms with Crippen molar-refractivity contribution in [3.8, 4) is 5.88 Å². The van der Waals surface area contributed by atoms with E-state index in [9.17, 15) is 9.59 Å². The second-order valence-corrected chi connectivity index (χ2v) is 6.77. The summed E-state index contributed by atoms with van der Waals surface area (Å²) in [5.41, 5.74) is 2.22. The van der Waals surface area contributed by atoms with Crippen LogP contribution < -0.4 is 4.74 Å². The quantitative estimate of drug-likeness (QED) is 0.654. The molecule has 4 heteroatoms. The fraction of sp³-hybridized carbons (Fsp3) is 0.227. The van der Waals surface area contributed by atoms with Gasteiger partial charge in [0.15, 0.2) is 0 Å². The summed E-state index contributed by atoms with van der Waals surface area (Å²) < 4.78 is 5.14. The van der Waals surface area contributed by atoms with Crippen molar-refractivity contribution < 1.29 is 14.3 Å². The van der Waals surface area contributed by atoms with Crippen LogP contribution in [0.2, 0.25) is 0 Å². The molecule has 4 rings (SSSR count). The van der Waals surface area contributed by atoms with Gasteiger partial charge in [-0.25, -0.2) is 4.98 Å². The minimum atomic E-state index is -0.398. The van der Waals surface area contributed by atoms with Crippen LogP contribution in [0.3, 0.4) is 0 Å². The molecule has 0 amide bonds. The number of Topliss-reactive ketones (excluding diaryl/α,β-unsaturated/α-hetero) is 1. The lowest BCUT2D eigenvalue weighted by atomic mass is 10.0. The molecule has 0 N–H and O–H groups in total. The van der Waals surface area contributed by atoms with Gasteiger partial charge in [-0.3, -0.25) is 9.59 Å². The van der Waals surface area contributed by atoms with Gasteiger partial charge in [-0.15, -0.1) is 0 Å². The van der Waals surface area contributed by atoms with E-state index in [2.05, 4.69) is 17.1 Å². The number of esters is 1. The van der Waals surface area contributed by atoms with E-state index in [4.69, 9.17) is 4.74 Å². The Balaban J connectivity index is 1.49. The van der Waals surface area contributed by atoms with Crippen LogP contribution in [0.25, 0.3) is 10.8 Å². The number of hydrogen-bond donors (Lipinski definition) is 0. The first-order chi connectivity index (χ1) is 12.6. The van der Waals surface area contributed by atoms with Gasteiger partial charge in [-0.1, -0.05) is 42.5 Å². The lowest BCUT2D eigenvalue weighted by Crippen LogP contribution is -2.07. The highest BCUT2D eigenvalue weighted by molar-refractivity contribution is 5.91. The summed E-state index contributed by atoms with van der Waals surface area (Å²) in [6, 6.07) is 17.8. The predicted octanol–water partition coefficient (Wildman–Crippen LogP) is 4.08. The van der Waals surface area contributed by atoms with Gasteiger partial charge < -0.3 is 4.74 Å². The first-order valence-electron chi connectivity index (χ1n) is 8.75. The fourth-order valence-electron chi connectivity index (χ4n) is 3.48. The standard InChI is InChI=1S/C22H19NO3/c1-14(24)26-22-18-8-7-15(11-17(18)9-10-23-22)12-21(25)20-13-19(20)16-5-3-2-4-6-16/h2-11,19-20H,12-13H2,1H3/t19-,20+/m0/s1. The molecule has 0 unspecified atom stereocenters. The highest BCUT2D eigenvalue weighted by Gasteiger charge is 2.43. The Kier molecular flexibility index (Phi) is 4.25. The molecule has 2 aromatic carbocycles. The summed E-state index contributed by atoms with van der Waals surface area (Å²) in [6.07, 6.45) is 2.98. The van der Waals surface area contributed by atoms with Crippen LogP contribution in [0.15, 0.2) is 60.8 Å². The maximum Gasteiger partial charge on any atom is 0.309 e. The molecule has 1 aliphatic carbocycles. The fourth-order valence-corrected chi connectivity index (χ4v) is 3.48. The number of pyridine rings is 1. The molecule has 130 valence electrons. The Bertz CT molecular complexity index is 981. The minimum absolute atomic E-state index is 0.127. The van der Waals surface area contributed by atoms with E-state index in [1.807, 2.05) is 42.5 Å². The van der Waals surface area contributed by atoms with Crippen LogP contribution in [-0.4, -0.2) is 16.7 Å². The Morgan fingerprint density at radius 3 is 2.69 bits per heavy atom. The normalized spacial score (nSPS) is 18.5. The average molecular weight is 345 g/mol. The molecule has 1 aromatic heterocycles. The highest BCUT2D eigenvalue weighted by Crippen LogP contribution is 2.48. The SMILES string of the molecule is CC(=O)Oc1nccc2cc(CC(=O)[C@@H]3C[C@H]3c3ccccc3)ccc12. The zero-order chi connectivity index (χ0) is 18.1. The first-order valence-corrected chi connectivity index (χ1v) is 8.75. The minimum Gasteiger partial charge on any atom is -0.407 e. The number of hydrogen-bond acceptors (Lipinski definition) is 4. The second kappa shape index (κ2) is 6.71. The molecule has 4 nitrogen and oxygen atoms in total. The molecule has 1 fully saturated rings. The third-order valence-corrected chi connectivity index (χ3v) is 4.84. The van der Waals surface area contributed by atoms with Crippen LogP contribution in [0, 0.1) is 5.92 Å². The van der Waals surface area contributed by atoms with Crippen molar-refractivity contribution in [2.75, 3.05) is 0 Å². The average Bonchev–Trinajstić information content (AvgIpc) is 3.43. The number of fused-ring (bicyclic) bond motifs is 1. The predicted molar refractivity (Wildman–Crippen MR) is 99.1 cm³/mol. The molecule has 3 aromatic rings. The molecule has 0 bridgehead atoms. The maximum atomic E-state index is 12.6. The number of ketones is 1. The van der Waals surface area contributed by atoms with Crippen molar-refractivity contribution in [2.24, 2.45) is 5.92 Å². The summed E-state index contributed by atoms with van der Waals surface area (Å²) >= 11 is 0. The monoisotopic (exact) mass is 345 g/mol. The third-order valence-electron chi connectivity index (χ3n) is 4.84. The van der Waals surface area contributed by atoms with Crippen molar-refractivity contribution >= 4 is 22.5 Å². The molecule has 1 heterocycles. The molecule has 0 aliphatic heterocycles. The Labute approximate surface area is 151 Å². The number of ether oxygens (including phenoxy) is 1. The van der Waals surface area contributed by atoms with E-state index < -0.39 is 5.97 Å². The first kappa shape index (κ1) is 16.5. The van der Waals surface area contributed by atoms with Gasteiger partial charge in [0.1, 0.15) is 5.78 Å². The van der Waals surface area contributed by atoms with Crippen LogP contribution >= 0.6 is 0 Å². The topological polar surface area (TPSA) is 56.3 Å². The van der Waals surface area contributed by atoms with Gasteiger partial charge in [0.05, 0.1) is 0 Å². The summed E-state index contributed by atoms with van der Waals surface area (Å²) in [6.45, 7) is 1.35. The Morgan fingerprint density at radius 1 is 1.12 bits per heavy atom. The van der Waals surface area contributed by atoms with Crippen molar-refractivity contribution in [1.82, 2.24) is 4.98 Å². The van der Waals surface area contributed by atoms with Gasteiger partial charge >= 0.3 is 5.97 Å². The largest absolute Gasteiger partial charge is 0.407 e. The highest BCUT2D eigenvalue weighted by atomic mass is 16.5. The molecule has 1 saturated carbocycles. The summed E-state index contributed by atoms with van der Waals surface area (Å²) in [7, 11) is 0. The second-order valence-electron chi connectivity index (χ2n) is 6.77. The van der Waals surface area contributed by atoms with E-state index >= 15 is 0 Å². The number of benzene rings is 2. The van der Waals surface area contributed by atoms with E-state index in [0.29, 0.717) is 18.2 Å².